The van der Waals surface area contributed by atoms with E-state index in [1.807, 2.05) is 45.0 Å². The Kier molecular flexibility index (Phi) is 7.26. The van der Waals surface area contributed by atoms with E-state index in [1.54, 1.807) is 0 Å². The van der Waals surface area contributed by atoms with Crippen LogP contribution in [0.3, 0.4) is 0 Å². The first kappa shape index (κ1) is 20.8. The third kappa shape index (κ3) is 4.81. The van der Waals surface area contributed by atoms with E-state index >= 15 is 0 Å². The zero-order chi connectivity index (χ0) is 20.0. The van der Waals surface area contributed by atoms with Crippen LogP contribution in [0.5, 0.6) is 0 Å². The average molecular weight is 379 g/mol. The minimum atomic E-state index is -0.0440. The molecule has 0 aliphatic carbocycles. The molecule has 152 valence electrons. The lowest BCUT2D eigenvalue weighted by Crippen LogP contribution is -2.54. The number of rotatable bonds is 5. The first-order valence-corrected chi connectivity index (χ1v) is 9.54. The maximum absolute atomic E-state index is 4.75. The van der Waals surface area contributed by atoms with Gasteiger partial charge < -0.3 is 20.9 Å². The molecule has 2 unspecified atom stereocenters. The molecule has 0 aromatic carbocycles. The number of hydrogen-bond acceptors (Lipinski definition) is 10. The normalized spacial score (nSPS) is 22.5. The number of nitrogens with one attached hydrogen (secondary N) is 3. The van der Waals surface area contributed by atoms with E-state index in [2.05, 4.69) is 49.7 Å². The smallest absolute Gasteiger partial charge is 0.205 e. The van der Waals surface area contributed by atoms with Crippen molar-refractivity contribution >= 4 is 23.8 Å². The molecule has 0 radical (unpaired) electrons. The van der Waals surface area contributed by atoms with Crippen molar-refractivity contribution in [2.45, 2.75) is 39.0 Å². The fraction of sp³-hybridized carbons (Fsp3) is 0.765. The predicted molar refractivity (Wildman–Crippen MR) is 112 cm³/mol. The second-order valence-corrected chi connectivity index (χ2v) is 6.53. The fourth-order valence-corrected chi connectivity index (χ4v) is 2.94. The van der Waals surface area contributed by atoms with E-state index in [9.17, 15) is 0 Å². The number of likely N-dealkylation sites (N-methyl/N-ethyl adjacent to an activating group) is 1. The summed E-state index contributed by atoms with van der Waals surface area (Å²) < 4.78 is 0. The van der Waals surface area contributed by atoms with Crippen molar-refractivity contribution < 1.29 is 0 Å². The minimum Gasteiger partial charge on any atom is -0.359 e. The molecule has 2 aliphatic rings. The minimum absolute atomic E-state index is 0.0392. The maximum atomic E-state index is 4.75. The third-order valence-corrected chi connectivity index (χ3v) is 4.58. The van der Waals surface area contributed by atoms with Gasteiger partial charge in [0.1, 0.15) is 12.3 Å². The molecule has 0 bridgehead atoms. The molecular formula is C17H34N10. The zero-order valence-corrected chi connectivity index (χ0v) is 17.6. The summed E-state index contributed by atoms with van der Waals surface area (Å²) in [5, 5.41) is 9.70. The summed E-state index contributed by atoms with van der Waals surface area (Å²) in [4.78, 5) is 24.6. The van der Waals surface area contributed by atoms with Crippen LogP contribution >= 0.6 is 0 Å². The highest BCUT2D eigenvalue weighted by Crippen LogP contribution is 2.11. The van der Waals surface area contributed by atoms with Crippen molar-refractivity contribution in [1.29, 1.82) is 0 Å². The zero-order valence-electron chi connectivity index (χ0n) is 17.6. The van der Waals surface area contributed by atoms with Crippen LogP contribution in [0.25, 0.3) is 0 Å². The Morgan fingerprint density at radius 3 is 1.93 bits per heavy atom. The summed E-state index contributed by atoms with van der Waals surface area (Å²) in [6.07, 6.45) is 1.66. The molecule has 10 nitrogen and oxygen atoms in total. The van der Waals surface area contributed by atoms with E-state index < -0.39 is 0 Å². The van der Waals surface area contributed by atoms with Crippen molar-refractivity contribution in [3.63, 3.8) is 0 Å². The van der Waals surface area contributed by atoms with Crippen LogP contribution in [-0.4, -0.2) is 99.2 Å². The highest BCUT2D eigenvalue weighted by molar-refractivity contribution is 6.00. The van der Waals surface area contributed by atoms with E-state index in [-0.39, 0.29) is 12.3 Å². The number of guanidine groups is 4. The standard InChI is InChI=1S/C17H34N10/c1-8-12-21-14(18-3)26(6)16(23-12)20-10-11-25(5)17-24-13(9-2)22-15(19-4)27(17)7/h12-13H,8-11H2,1-7H3,(H,18,21)(H,19,22)(H,20,23). The highest BCUT2D eigenvalue weighted by Gasteiger charge is 2.24. The molecule has 2 heterocycles. The van der Waals surface area contributed by atoms with Gasteiger partial charge in [0, 0.05) is 48.3 Å². The SMILES string of the molecule is CCC1N=C(NC)N(C)C(NCCN(C)C2=NC(CC)N=C(NC)N2C)=N1. The van der Waals surface area contributed by atoms with E-state index in [0.29, 0.717) is 0 Å². The van der Waals surface area contributed by atoms with Gasteiger partial charge in [-0.1, -0.05) is 13.8 Å². The second-order valence-electron chi connectivity index (χ2n) is 6.53. The summed E-state index contributed by atoms with van der Waals surface area (Å²) in [5.41, 5.74) is 0. The molecule has 0 aromatic heterocycles. The van der Waals surface area contributed by atoms with Gasteiger partial charge in [-0.2, -0.15) is 0 Å². The molecule has 10 heteroatoms. The highest BCUT2D eigenvalue weighted by atomic mass is 15.5. The Morgan fingerprint density at radius 2 is 1.37 bits per heavy atom. The fourth-order valence-electron chi connectivity index (χ4n) is 2.94. The predicted octanol–water partition coefficient (Wildman–Crippen LogP) is -0.266. The lowest BCUT2D eigenvalue weighted by Gasteiger charge is -2.34. The Labute approximate surface area is 162 Å². The summed E-state index contributed by atoms with van der Waals surface area (Å²) in [7, 11) is 9.74. The van der Waals surface area contributed by atoms with Crippen LogP contribution in [0.4, 0.5) is 0 Å². The van der Waals surface area contributed by atoms with Crippen molar-refractivity contribution in [3.8, 4) is 0 Å². The third-order valence-electron chi connectivity index (χ3n) is 4.58. The monoisotopic (exact) mass is 378 g/mol. The summed E-state index contributed by atoms with van der Waals surface area (Å²) in [5.74, 6) is 3.40. The molecule has 0 fully saturated rings. The van der Waals surface area contributed by atoms with Crippen molar-refractivity contribution in [3.05, 3.63) is 0 Å². The van der Waals surface area contributed by atoms with Gasteiger partial charge in [-0.05, 0) is 12.8 Å². The molecule has 2 aliphatic heterocycles. The topological polar surface area (TPSA) is 95.2 Å². The molecule has 2 atom stereocenters. The van der Waals surface area contributed by atoms with Crippen LogP contribution in [0.2, 0.25) is 0 Å². The van der Waals surface area contributed by atoms with Crippen molar-refractivity contribution in [1.82, 2.24) is 30.7 Å². The molecular weight excluding hydrogens is 344 g/mol. The Hall–Kier alpha value is -2.52. The lowest BCUT2D eigenvalue weighted by molar-refractivity contribution is 0.426. The molecule has 0 spiro atoms. The number of aliphatic imine (C=N–C) groups is 4. The first-order valence-electron chi connectivity index (χ1n) is 9.54. The first-order chi connectivity index (χ1) is 12.9. The molecule has 3 N–H and O–H groups in total. The van der Waals surface area contributed by atoms with Crippen LogP contribution in [0, 0.1) is 0 Å². The Morgan fingerprint density at radius 1 is 0.852 bits per heavy atom. The van der Waals surface area contributed by atoms with Crippen LogP contribution in [0.15, 0.2) is 20.0 Å². The largest absolute Gasteiger partial charge is 0.359 e. The molecule has 0 aromatic rings. The van der Waals surface area contributed by atoms with Gasteiger partial charge in [0.2, 0.25) is 23.8 Å². The number of nitrogens with zero attached hydrogens (tertiary/aromatic N) is 7. The number of hydrogen-bond donors (Lipinski definition) is 3. The molecule has 0 saturated heterocycles. The molecule has 0 saturated carbocycles. The van der Waals surface area contributed by atoms with E-state index in [1.165, 1.54) is 0 Å². The molecule has 27 heavy (non-hydrogen) atoms. The Bertz CT molecular complexity index is 623. The van der Waals surface area contributed by atoms with Crippen molar-refractivity contribution in [2.24, 2.45) is 20.0 Å². The summed E-state index contributed by atoms with van der Waals surface area (Å²) in [6, 6.07) is 0. The van der Waals surface area contributed by atoms with Crippen LogP contribution in [0.1, 0.15) is 26.7 Å². The van der Waals surface area contributed by atoms with Gasteiger partial charge in [-0.25, -0.2) is 20.0 Å². The quantitative estimate of drug-likeness (QED) is 0.610. The van der Waals surface area contributed by atoms with Gasteiger partial charge in [0.25, 0.3) is 0 Å². The van der Waals surface area contributed by atoms with Gasteiger partial charge in [0.05, 0.1) is 0 Å². The van der Waals surface area contributed by atoms with E-state index in [0.717, 1.165) is 49.8 Å². The second kappa shape index (κ2) is 9.43. The maximum Gasteiger partial charge on any atom is 0.205 e. The van der Waals surface area contributed by atoms with Gasteiger partial charge in [-0.3, -0.25) is 9.80 Å². The van der Waals surface area contributed by atoms with Gasteiger partial charge in [-0.15, -0.1) is 0 Å². The summed E-state index contributed by atoms with van der Waals surface area (Å²) >= 11 is 0. The average Bonchev–Trinajstić information content (AvgIpc) is 2.69. The Balaban J connectivity index is 1.96. The van der Waals surface area contributed by atoms with Gasteiger partial charge >= 0.3 is 0 Å². The van der Waals surface area contributed by atoms with Crippen LogP contribution < -0.4 is 16.0 Å². The van der Waals surface area contributed by atoms with Crippen molar-refractivity contribution in [2.75, 3.05) is 48.3 Å². The summed E-state index contributed by atoms with van der Waals surface area (Å²) in [6.45, 7) is 5.70. The lowest BCUT2D eigenvalue weighted by atomic mass is 10.3. The van der Waals surface area contributed by atoms with Crippen LogP contribution in [-0.2, 0) is 0 Å². The molecule has 2 rings (SSSR count). The van der Waals surface area contributed by atoms with E-state index in [4.69, 9.17) is 4.99 Å². The molecule has 0 amide bonds. The van der Waals surface area contributed by atoms with Gasteiger partial charge in [0.15, 0.2) is 0 Å².